The molecule has 0 aliphatic carbocycles. The molecule has 296 valence electrons. The molecule has 5 N–H and O–H groups in total. The molecule has 1 amide bonds. The van der Waals surface area contributed by atoms with Crippen LogP contribution in [0.3, 0.4) is 0 Å². The van der Waals surface area contributed by atoms with Crippen molar-refractivity contribution >= 4 is 79.6 Å². The molecule has 1 aromatic heterocycles. The molecule has 2 heterocycles. The first-order chi connectivity index (χ1) is 26.1. The van der Waals surface area contributed by atoms with Gasteiger partial charge in [-0.05, 0) is 62.7 Å². The molecule has 1 aliphatic rings. The van der Waals surface area contributed by atoms with E-state index < -0.39 is 82.1 Å². The first kappa shape index (κ1) is 43.0. The van der Waals surface area contributed by atoms with Crippen LogP contribution < -0.4 is 10.6 Å². The quantitative estimate of drug-likeness (QED) is 0.0306. The second kappa shape index (κ2) is 18.8. The van der Waals surface area contributed by atoms with E-state index in [2.05, 4.69) is 28.9 Å². The number of nitrogens with one attached hydrogen (secondary N) is 1. The molecule has 0 fully saturated rings. The molecule has 55 heavy (non-hydrogen) atoms. The fraction of sp³-hybridized carbons (Fsp3) is 0.207. The molecular formula is C29H28N4O18S4. The molecule has 1 atom stereocenters. The van der Waals surface area contributed by atoms with Crippen molar-refractivity contribution < 1.29 is 79.1 Å². The SMILES string of the molecule is CCOC(=O)C1=NN(c2cc(SOOO)ccc2S(=O)(=O)O)C(=O)C1CC=CC=Cc1c(C(=O)OCC)[nH]n(-c2cc(SOOO)ccc2S(=O)(=O)O)c1=O. The minimum atomic E-state index is -4.96. The molecule has 0 spiro atoms. The maximum atomic E-state index is 13.6. The minimum Gasteiger partial charge on any atom is -0.461 e. The van der Waals surface area contributed by atoms with E-state index in [0.717, 1.165) is 42.5 Å². The fourth-order valence-electron chi connectivity index (χ4n) is 4.83. The number of H-pyrrole nitrogens is 1. The van der Waals surface area contributed by atoms with Gasteiger partial charge in [0.15, 0.2) is 11.4 Å². The Morgan fingerprint density at radius 2 is 1.40 bits per heavy atom. The van der Waals surface area contributed by atoms with Gasteiger partial charge in [0.05, 0.1) is 60.2 Å². The van der Waals surface area contributed by atoms with Crippen molar-refractivity contribution in [1.29, 1.82) is 0 Å². The number of aromatic amines is 1. The van der Waals surface area contributed by atoms with Crippen LogP contribution in [-0.2, 0) is 58.0 Å². The molecule has 26 heteroatoms. The van der Waals surface area contributed by atoms with Gasteiger partial charge in [-0.25, -0.2) is 24.8 Å². The highest BCUT2D eigenvalue weighted by molar-refractivity contribution is 7.94. The number of rotatable bonds is 18. The van der Waals surface area contributed by atoms with Crippen molar-refractivity contribution in [1.82, 2.24) is 9.78 Å². The molecule has 1 unspecified atom stereocenters. The van der Waals surface area contributed by atoms with Gasteiger partial charge >= 0.3 is 11.9 Å². The van der Waals surface area contributed by atoms with Gasteiger partial charge in [0.1, 0.15) is 9.79 Å². The Balaban J connectivity index is 1.71. The summed E-state index contributed by atoms with van der Waals surface area (Å²) in [7, 11) is -9.91. The van der Waals surface area contributed by atoms with Crippen molar-refractivity contribution in [2.45, 2.75) is 39.9 Å². The zero-order chi connectivity index (χ0) is 40.5. The van der Waals surface area contributed by atoms with Crippen LogP contribution >= 0.6 is 24.1 Å². The highest BCUT2D eigenvalue weighted by Crippen LogP contribution is 2.35. The molecule has 22 nitrogen and oxygen atoms in total. The molecule has 0 saturated heterocycles. The van der Waals surface area contributed by atoms with Crippen LogP contribution in [0.1, 0.15) is 36.3 Å². The van der Waals surface area contributed by atoms with Gasteiger partial charge in [-0.2, -0.15) is 26.9 Å². The highest BCUT2D eigenvalue weighted by Gasteiger charge is 2.42. The number of benzene rings is 2. The molecule has 2 aromatic carbocycles. The van der Waals surface area contributed by atoms with Gasteiger partial charge in [0, 0.05) is 9.79 Å². The van der Waals surface area contributed by atoms with Gasteiger partial charge in [-0.3, -0.25) is 23.8 Å². The van der Waals surface area contributed by atoms with E-state index >= 15 is 0 Å². The number of anilines is 1. The third kappa shape index (κ3) is 10.3. The van der Waals surface area contributed by atoms with Crippen molar-refractivity contribution in [3.8, 4) is 5.69 Å². The number of hydrazone groups is 1. The number of allylic oxidation sites excluding steroid dienone is 3. The van der Waals surface area contributed by atoms with E-state index in [1.807, 2.05) is 0 Å². The highest BCUT2D eigenvalue weighted by atomic mass is 32.2. The summed E-state index contributed by atoms with van der Waals surface area (Å²) >= 11 is 0.806. The van der Waals surface area contributed by atoms with Crippen LogP contribution in [0.25, 0.3) is 11.8 Å². The van der Waals surface area contributed by atoms with Crippen LogP contribution in [0.4, 0.5) is 5.69 Å². The summed E-state index contributed by atoms with van der Waals surface area (Å²) in [6.07, 6.45) is 4.78. The summed E-state index contributed by atoms with van der Waals surface area (Å²) < 4.78 is 87.7. The smallest absolute Gasteiger partial charge is 0.357 e. The standard InChI is InChI=1S/C29H28N4O18S4/c1-3-46-28(36)24-18(26(34)32(30-24)20-14-16(52-50-48-38)10-12-22(20)54(40,41)42)8-6-5-7-9-19-25(29(37)47-4-2)31-33(27(19)35)21-15-17(53-51-49-39)11-13-23(21)55(43,44)45/h5-8,10-15,19,30,38-39H,3-4,9H2,1-2H3,(H,40,41,42)(H,43,44,45). The van der Waals surface area contributed by atoms with Crippen molar-refractivity contribution in [3.05, 3.63) is 76.2 Å². The number of carbonyl (C=O) groups excluding carboxylic acids is 3. The third-order valence-corrected chi connectivity index (χ3v) is 9.98. The monoisotopic (exact) mass is 848 g/mol. The molecule has 3 aromatic rings. The second-order valence-corrected chi connectivity index (χ2v) is 14.7. The number of esters is 2. The maximum Gasteiger partial charge on any atom is 0.357 e. The summed E-state index contributed by atoms with van der Waals surface area (Å²) in [6, 6.07) is 6.25. The van der Waals surface area contributed by atoms with Gasteiger partial charge < -0.3 is 9.47 Å². The number of hydrogen-bond donors (Lipinski definition) is 5. The minimum absolute atomic E-state index is 0.0720. The van der Waals surface area contributed by atoms with Gasteiger partial charge in [0.25, 0.3) is 31.7 Å². The van der Waals surface area contributed by atoms with Crippen molar-refractivity contribution in [2.24, 2.45) is 11.0 Å². The lowest BCUT2D eigenvalue weighted by Gasteiger charge is -2.17. The summed E-state index contributed by atoms with van der Waals surface area (Å²) in [6.45, 7) is 2.75. The number of aromatic nitrogens is 2. The van der Waals surface area contributed by atoms with Crippen molar-refractivity contribution in [3.63, 3.8) is 0 Å². The largest absolute Gasteiger partial charge is 0.461 e. The summed E-state index contributed by atoms with van der Waals surface area (Å²) in [5, 5.41) is 31.0. The number of nitrogens with zero attached hydrogens (tertiary/aromatic N) is 3. The lowest BCUT2D eigenvalue weighted by Crippen LogP contribution is -2.30. The molecule has 4 rings (SSSR count). The van der Waals surface area contributed by atoms with Crippen molar-refractivity contribution in [2.75, 3.05) is 18.2 Å². The Bertz CT molecular complexity index is 2320. The molecule has 1 aliphatic heterocycles. The number of hydrogen-bond acceptors (Lipinski definition) is 19. The number of ether oxygens (including phenoxy) is 2. The first-order valence-corrected chi connectivity index (χ1v) is 19.4. The first-order valence-electron chi connectivity index (χ1n) is 15.0. The van der Waals surface area contributed by atoms with Crippen LogP contribution in [0.15, 0.2) is 84.1 Å². The van der Waals surface area contributed by atoms with Gasteiger partial charge in [-0.15, -0.1) is 8.67 Å². The maximum absolute atomic E-state index is 13.6. The van der Waals surface area contributed by atoms with Crippen LogP contribution in [0.5, 0.6) is 0 Å². The molecule has 0 saturated carbocycles. The van der Waals surface area contributed by atoms with E-state index in [1.165, 1.54) is 32.1 Å². The van der Waals surface area contributed by atoms with E-state index in [0.29, 0.717) is 33.8 Å². The van der Waals surface area contributed by atoms with E-state index in [-0.39, 0.29) is 35.0 Å². The zero-order valence-electron chi connectivity index (χ0n) is 28.0. The van der Waals surface area contributed by atoms with E-state index in [9.17, 15) is 45.1 Å². The van der Waals surface area contributed by atoms with Crippen LogP contribution in [-0.4, -0.2) is 83.0 Å². The second-order valence-electron chi connectivity index (χ2n) is 10.4. The lowest BCUT2D eigenvalue weighted by atomic mass is 9.99. The molecule has 0 radical (unpaired) electrons. The van der Waals surface area contributed by atoms with E-state index in [1.54, 1.807) is 0 Å². The Morgan fingerprint density at radius 1 is 0.855 bits per heavy atom. The summed E-state index contributed by atoms with van der Waals surface area (Å²) in [5.74, 6) is -4.33. The number of amides is 1. The van der Waals surface area contributed by atoms with Gasteiger partial charge in [-0.1, -0.05) is 28.3 Å². The normalized spacial score (nSPS) is 14.9. The number of carbonyl (C=O) groups is 3. The zero-order valence-corrected chi connectivity index (χ0v) is 31.2. The Kier molecular flexibility index (Phi) is 14.7. The third-order valence-electron chi connectivity index (χ3n) is 7.02. The topological polar surface area (TPSA) is 309 Å². The predicted octanol–water partition coefficient (Wildman–Crippen LogP) is 3.23. The predicted molar refractivity (Wildman–Crippen MR) is 188 cm³/mol. The van der Waals surface area contributed by atoms with Crippen LogP contribution in [0, 0.1) is 5.92 Å². The molecular weight excluding hydrogens is 821 g/mol. The average molecular weight is 849 g/mol. The Hall–Kier alpha value is -4.71. The lowest BCUT2D eigenvalue weighted by molar-refractivity contribution is -0.432. The average Bonchev–Trinajstić information content (AvgIpc) is 3.64. The van der Waals surface area contributed by atoms with Crippen LogP contribution in [0.2, 0.25) is 0 Å². The summed E-state index contributed by atoms with van der Waals surface area (Å²) in [4.78, 5) is 51.6. The molecule has 0 bridgehead atoms. The van der Waals surface area contributed by atoms with Gasteiger partial charge in [0.2, 0.25) is 0 Å². The van der Waals surface area contributed by atoms with E-state index in [4.69, 9.17) is 20.0 Å². The Labute approximate surface area is 318 Å². The summed E-state index contributed by atoms with van der Waals surface area (Å²) in [5.41, 5.74) is -3.17. The fourth-order valence-corrected chi connectivity index (χ4v) is 6.92. The Morgan fingerprint density at radius 3 is 1.95 bits per heavy atom.